The van der Waals surface area contributed by atoms with Gasteiger partial charge in [0.1, 0.15) is 0 Å². The van der Waals surface area contributed by atoms with Gasteiger partial charge in [-0.2, -0.15) is 11.8 Å². The lowest BCUT2D eigenvalue weighted by atomic mass is 10.1. The van der Waals surface area contributed by atoms with Crippen molar-refractivity contribution in [3.05, 3.63) is 17.5 Å². The molecule has 1 unspecified atom stereocenters. The van der Waals surface area contributed by atoms with Crippen LogP contribution in [0, 0.1) is 6.92 Å². The van der Waals surface area contributed by atoms with Crippen LogP contribution in [0.3, 0.4) is 0 Å². The van der Waals surface area contributed by atoms with E-state index in [-0.39, 0.29) is 0 Å². The molecule has 2 fully saturated rings. The molecule has 2 saturated heterocycles. The van der Waals surface area contributed by atoms with E-state index in [4.69, 9.17) is 4.52 Å². The Kier molecular flexibility index (Phi) is 3.43. The lowest BCUT2D eigenvalue weighted by molar-refractivity contribution is 0.147. The molecule has 1 atom stereocenters. The van der Waals surface area contributed by atoms with Crippen molar-refractivity contribution in [3.63, 3.8) is 0 Å². The molecule has 2 aliphatic rings. The Morgan fingerprint density at radius 1 is 1.35 bits per heavy atom. The van der Waals surface area contributed by atoms with Crippen molar-refractivity contribution in [2.45, 2.75) is 44.7 Å². The smallest absolute Gasteiger partial charge is 0.154 e. The fraction of sp³-hybridized carbons (Fsp3) is 0.769. The van der Waals surface area contributed by atoms with Crippen molar-refractivity contribution in [1.82, 2.24) is 10.1 Å². The van der Waals surface area contributed by atoms with Crippen molar-refractivity contribution in [2.24, 2.45) is 0 Å². The second-order valence-corrected chi connectivity index (χ2v) is 6.33. The van der Waals surface area contributed by atoms with Crippen molar-refractivity contribution in [3.8, 4) is 0 Å². The Morgan fingerprint density at radius 3 is 2.88 bits per heavy atom. The summed E-state index contributed by atoms with van der Waals surface area (Å²) >= 11 is 2.10. The van der Waals surface area contributed by atoms with Gasteiger partial charge < -0.3 is 4.52 Å². The number of thioether (sulfide) groups is 1. The predicted molar refractivity (Wildman–Crippen MR) is 70.3 cm³/mol. The van der Waals surface area contributed by atoms with Crippen LogP contribution in [0.4, 0.5) is 0 Å². The minimum absolute atomic E-state index is 0.490. The molecule has 0 aliphatic carbocycles. The summed E-state index contributed by atoms with van der Waals surface area (Å²) in [5, 5.41) is 4.04. The molecule has 3 nitrogen and oxygen atoms in total. The first-order valence-corrected chi connectivity index (χ1v) is 7.77. The second kappa shape index (κ2) is 5.02. The average Bonchev–Trinajstić information content (AvgIpc) is 2.98. The van der Waals surface area contributed by atoms with Crippen LogP contribution in [0.1, 0.15) is 43.2 Å². The molecule has 0 radical (unpaired) electrons. The van der Waals surface area contributed by atoms with Gasteiger partial charge in [-0.05, 0) is 50.7 Å². The minimum Gasteiger partial charge on any atom is -0.359 e. The minimum atomic E-state index is 0.490. The normalized spacial score (nSPS) is 27.7. The molecular weight excluding hydrogens is 232 g/mol. The predicted octanol–water partition coefficient (Wildman–Crippen LogP) is 3.02. The van der Waals surface area contributed by atoms with Crippen molar-refractivity contribution < 1.29 is 4.52 Å². The number of hydrogen-bond acceptors (Lipinski definition) is 4. The van der Waals surface area contributed by atoms with Crippen LogP contribution in [0.2, 0.25) is 0 Å². The monoisotopic (exact) mass is 252 g/mol. The van der Waals surface area contributed by atoms with Gasteiger partial charge in [-0.15, -0.1) is 0 Å². The number of rotatable bonds is 2. The van der Waals surface area contributed by atoms with Gasteiger partial charge in [0.2, 0.25) is 0 Å². The number of hydrogen-bond donors (Lipinski definition) is 0. The van der Waals surface area contributed by atoms with E-state index < -0.39 is 0 Å². The zero-order valence-electron chi connectivity index (χ0n) is 10.4. The molecule has 0 spiro atoms. The van der Waals surface area contributed by atoms with Gasteiger partial charge in [-0.3, -0.25) is 4.90 Å². The van der Waals surface area contributed by atoms with Gasteiger partial charge >= 0.3 is 0 Å². The molecule has 94 valence electrons. The Bertz CT molecular complexity index is 373. The first-order valence-electron chi connectivity index (χ1n) is 6.61. The van der Waals surface area contributed by atoms with Crippen LogP contribution in [0.15, 0.2) is 10.6 Å². The molecule has 0 N–H and O–H groups in total. The summed E-state index contributed by atoms with van der Waals surface area (Å²) < 4.78 is 5.47. The fourth-order valence-electron chi connectivity index (χ4n) is 3.09. The Hall–Kier alpha value is -0.480. The van der Waals surface area contributed by atoms with Crippen LogP contribution in [-0.4, -0.2) is 34.1 Å². The van der Waals surface area contributed by atoms with E-state index in [1.807, 2.05) is 6.92 Å². The third kappa shape index (κ3) is 2.38. The molecule has 0 amide bonds. The number of nitrogens with zero attached hydrogens (tertiary/aromatic N) is 2. The van der Waals surface area contributed by atoms with Gasteiger partial charge in [-0.1, -0.05) is 5.16 Å². The maximum Gasteiger partial charge on any atom is 0.154 e. The number of aryl methyl sites for hydroxylation is 1. The summed E-state index contributed by atoms with van der Waals surface area (Å²) in [5.41, 5.74) is 1.01. The van der Waals surface area contributed by atoms with E-state index in [9.17, 15) is 0 Å². The summed E-state index contributed by atoms with van der Waals surface area (Å²) in [6.45, 7) is 3.24. The Labute approximate surface area is 107 Å². The van der Waals surface area contributed by atoms with E-state index in [1.54, 1.807) is 0 Å². The summed E-state index contributed by atoms with van der Waals surface area (Å²) in [6, 6.07) is 3.37. The highest BCUT2D eigenvalue weighted by molar-refractivity contribution is 7.99. The van der Waals surface area contributed by atoms with E-state index in [0.29, 0.717) is 6.04 Å². The topological polar surface area (TPSA) is 29.3 Å². The second-order valence-electron chi connectivity index (χ2n) is 5.11. The van der Waals surface area contributed by atoms with E-state index >= 15 is 0 Å². The highest BCUT2D eigenvalue weighted by Crippen LogP contribution is 2.37. The zero-order valence-corrected chi connectivity index (χ0v) is 11.2. The maximum atomic E-state index is 5.47. The summed E-state index contributed by atoms with van der Waals surface area (Å²) in [4.78, 5) is 2.67. The zero-order chi connectivity index (χ0) is 11.7. The lowest BCUT2D eigenvalue weighted by Crippen LogP contribution is -2.37. The van der Waals surface area contributed by atoms with Gasteiger partial charge in [0.25, 0.3) is 0 Å². The molecule has 17 heavy (non-hydrogen) atoms. The van der Waals surface area contributed by atoms with Crippen LogP contribution in [-0.2, 0) is 0 Å². The first kappa shape index (κ1) is 11.6. The van der Waals surface area contributed by atoms with Crippen molar-refractivity contribution in [2.75, 3.05) is 18.1 Å². The third-order valence-electron chi connectivity index (χ3n) is 3.93. The lowest BCUT2D eigenvalue weighted by Gasteiger charge is -2.34. The molecule has 0 bridgehead atoms. The quantitative estimate of drug-likeness (QED) is 0.809. The first-order chi connectivity index (χ1) is 8.34. The molecule has 1 aromatic rings. The van der Waals surface area contributed by atoms with Gasteiger partial charge in [0.05, 0.1) is 11.7 Å². The van der Waals surface area contributed by atoms with Crippen LogP contribution >= 0.6 is 11.8 Å². The van der Waals surface area contributed by atoms with E-state index in [0.717, 1.165) is 17.5 Å². The van der Waals surface area contributed by atoms with E-state index in [1.165, 1.54) is 43.7 Å². The summed E-state index contributed by atoms with van der Waals surface area (Å²) in [6.07, 6.45) is 5.22. The number of likely N-dealkylation sites (tertiary alicyclic amines) is 1. The largest absolute Gasteiger partial charge is 0.359 e. The van der Waals surface area contributed by atoms with E-state index in [2.05, 4.69) is 27.9 Å². The molecule has 0 saturated carbocycles. The molecule has 2 aliphatic heterocycles. The molecule has 3 heterocycles. The van der Waals surface area contributed by atoms with Crippen LogP contribution in [0.25, 0.3) is 0 Å². The van der Waals surface area contributed by atoms with Crippen LogP contribution in [0.5, 0.6) is 0 Å². The average molecular weight is 252 g/mol. The molecule has 3 rings (SSSR count). The number of aromatic nitrogens is 1. The van der Waals surface area contributed by atoms with Gasteiger partial charge in [0.15, 0.2) is 5.76 Å². The molecule has 4 heteroatoms. The van der Waals surface area contributed by atoms with Crippen molar-refractivity contribution >= 4 is 11.8 Å². The standard InChI is InChI=1S/C13H20N2OS/c1-10-9-13(16-14-10)12-3-2-6-15(12)11-4-7-17-8-5-11/h9,11-12H,2-8H2,1H3. The van der Waals surface area contributed by atoms with Crippen LogP contribution < -0.4 is 0 Å². The third-order valence-corrected chi connectivity index (χ3v) is 4.98. The highest BCUT2D eigenvalue weighted by atomic mass is 32.2. The summed E-state index contributed by atoms with van der Waals surface area (Å²) in [7, 11) is 0. The summed E-state index contributed by atoms with van der Waals surface area (Å²) in [5.74, 6) is 3.73. The molecule has 1 aromatic heterocycles. The van der Waals surface area contributed by atoms with Crippen molar-refractivity contribution in [1.29, 1.82) is 0 Å². The Balaban J connectivity index is 1.74. The van der Waals surface area contributed by atoms with Gasteiger partial charge in [0, 0.05) is 12.1 Å². The fourth-order valence-corrected chi connectivity index (χ4v) is 4.17. The molecular formula is C13H20N2OS. The maximum absolute atomic E-state index is 5.47. The SMILES string of the molecule is Cc1cc(C2CCCN2C2CCSCC2)on1. The molecule has 0 aromatic carbocycles. The van der Waals surface area contributed by atoms with Gasteiger partial charge in [-0.25, -0.2) is 0 Å². The Morgan fingerprint density at radius 2 is 2.18 bits per heavy atom. The highest BCUT2D eigenvalue weighted by Gasteiger charge is 2.34.